The third kappa shape index (κ3) is 4080. The predicted molar refractivity (Wildman–Crippen MR) is 163 cm³/mol. The van der Waals surface area contributed by atoms with Gasteiger partial charge < -0.3 is 0 Å². The zero-order chi connectivity index (χ0) is 27.4. The standard InChI is InChI=1S/8C2H6.3CH3F.2CH5P.3CH4.2U/c13*1-2;;;;;/h8*1-2H3;3*1H3;2*2H2,1H3;3*1H4;;/i;;;;;;;;;;;2*2D;;;;;. The van der Waals surface area contributed by atoms with E-state index in [0.29, 0.717) is 39.9 Å². The van der Waals surface area contributed by atoms with E-state index in [2.05, 4.69) is 0 Å². The van der Waals surface area contributed by atoms with Crippen LogP contribution in [0.15, 0.2) is 0 Å². The third-order valence-electron chi connectivity index (χ3n) is 0. The molecule has 0 aliphatic rings. The van der Waals surface area contributed by atoms with Crippen LogP contribution in [0.3, 0.4) is 0 Å². The fourth-order valence-corrected chi connectivity index (χ4v) is 0. The van der Waals surface area contributed by atoms with E-state index in [1.54, 1.807) is 0 Å². The van der Waals surface area contributed by atoms with Crippen LogP contribution in [0.5, 0.6) is 0 Å². The Bertz CT molecular complexity index is 47.7. The minimum atomic E-state index is 0. The largest absolute Gasteiger partial charge is 0.255 e. The minimum Gasteiger partial charge on any atom is -0.255 e. The van der Waals surface area contributed by atoms with Gasteiger partial charge in [0.25, 0.3) is 0 Å². The molecular formula is C24H79F3P2U2. The van der Waals surface area contributed by atoms with Crippen molar-refractivity contribution in [3.05, 3.63) is 0 Å². The SMILES string of the molecule is C.C.C.CC.CC.CC.CC.CC.CC.CC.CC.CF.CF.CF.[2H]PC.[2H]PC.[U].[U]. The number of alkyl halides is 3. The molecule has 0 amide bonds. The van der Waals surface area contributed by atoms with Gasteiger partial charge in [-0.1, -0.05) is 146 Å². The number of halogens is 3. The summed E-state index contributed by atoms with van der Waals surface area (Å²) < 4.78 is 41.0. The molecule has 0 nitrogen and oxygen atoms in total. The van der Waals surface area contributed by atoms with Gasteiger partial charge in [0.05, 0.1) is 24.1 Å². The van der Waals surface area contributed by atoms with E-state index in [9.17, 15) is 13.2 Å². The minimum absolute atomic E-state index is 0. The van der Waals surface area contributed by atoms with E-state index >= 15 is 0 Å². The van der Waals surface area contributed by atoms with Crippen molar-refractivity contribution in [1.82, 2.24) is 0 Å². The topological polar surface area (TPSA) is 0 Å². The average molecular weight is 965 g/mol. The monoisotopic (exact) mass is 965 g/mol. The van der Waals surface area contributed by atoms with Gasteiger partial charge in [0, 0.05) is 62.2 Å². The summed E-state index contributed by atoms with van der Waals surface area (Å²) in [5, 5.41) is 0. The molecule has 0 aliphatic heterocycles. The average Bonchev–Trinajstić information content (AvgIpc) is 2.88. The van der Waals surface area contributed by atoms with Gasteiger partial charge in [-0.2, -0.15) is 0 Å². The molecule has 0 aliphatic carbocycles. The first-order chi connectivity index (χ1) is 13.8. The molecule has 0 aromatic carbocycles. The van der Waals surface area contributed by atoms with Gasteiger partial charge in [0.2, 0.25) is 0 Å². The van der Waals surface area contributed by atoms with Crippen LogP contribution < -0.4 is 0 Å². The van der Waals surface area contributed by atoms with Gasteiger partial charge in [0.1, 0.15) is 0 Å². The second kappa shape index (κ2) is 4350. The maximum absolute atomic E-state index is 9.50. The van der Waals surface area contributed by atoms with Gasteiger partial charge in [-0.25, -0.2) is 0 Å². The van der Waals surface area contributed by atoms with Gasteiger partial charge in [0.15, 0.2) is 0 Å². The molecule has 2 unspecified atom stereocenters. The Balaban J connectivity index is -0.00000000458. The smallest absolute Gasteiger partial charge is 0.0785 e. The molecule has 0 rings (SSSR count). The van der Waals surface area contributed by atoms with E-state index < -0.39 is 0 Å². The summed E-state index contributed by atoms with van der Waals surface area (Å²) in [4.78, 5) is 0. The summed E-state index contributed by atoms with van der Waals surface area (Å²) in [5.41, 5.74) is 0. The molecule has 214 valence electrons. The zero-order valence-electron chi connectivity index (χ0n) is 26.1. The van der Waals surface area contributed by atoms with Crippen molar-refractivity contribution < 1.29 is 75.4 Å². The summed E-state index contributed by atoms with van der Waals surface area (Å²) in [7, 11) is 2.17. The normalized spacial score (nSPS) is 4.13. The van der Waals surface area contributed by atoms with E-state index in [-0.39, 0.29) is 84.5 Å². The summed E-state index contributed by atoms with van der Waals surface area (Å²) in [6.07, 6.45) is 0. The van der Waals surface area contributed by atoms with Crippen LogP contribution in [0.25, 0.3) is 0 Å². The van der Waals surface area contributed by atoms with Crippen molar-refractivity contribution in [2.24, 2.45) is 0 Å². The molecule has 0 bridgehead atoms. The first kappa shape index (κ1) is 115. The maximum Gasteiger partial charge on any atom is 0.0785 e. The van der Waals surface area contributed by atoms with Crippen LogP contribution in [-0.2, 0) is 0 Å². The van der Waals surface area contributed by atoms with Crippen LogP contribution in [0, 0.1) is 62.2 Å². The fraction of sp³-hybridized carbons (Fsp3) is 1.00. The van der Waals surface area contributed by atoms with Crippen molar-refractivity contribution in [2.45, 2.75) is 133 Å². The molecule has 2 atom stereocenters. The zero-order valence-corrected chi connectivity index (χ0v) is 34.5. The van der Waals surface area contributed by atoms with Crippen LogP contribution in [0.1, 0.15) is 133 Å². The van der Waals surface area contributed by atoms with Gasteiger partial charge in [-0.15, -0.1) is 18.4 Å². The van der Waals surface area contributed by atoms with Crippen molar-refractivity contribution in [3.8, 4) is 0 Å². The van der Waals surface area contributed by atoms with Gasteiger partial charge >= 0.3 is 0 Å². The molecule has 0 saturated heterocycles. The van der Waals surface area contributed by atoms with Crippen molar-refractivity contribution in [1.29, 1.82) is 2.56 Å². The van der Waals surface area contributed by atoms with E-state index in [0.717, 1.165) is 0 Å². The Kier molecular flexibility index (Phi) is 16100. The van der Waals surface area contributed by atoms with Crippen molar-refractivity contribution in [2.75, 3.05) is 34.9 Å². The Morgan fingerprint density at radius 2 is 0.355 bits per heavy atom. The molecule has 0 N–H and O–H groups in total. The summed E-state index contributed by atoms with van der Waals surface area (Å²) in [6.45, 7) is 35.6. The van der Waals surface area contributed by atoms with Crippen LogP contribution >= 0.6 is 18.4 Å². The molecular weight excluding hydrogens is 883 g/mol. The molecule has 0 saturated carbocycles. The number of rotatable bonds is 0. The first-order valence-corrected chi connectivity index (χ1v) is 12.1. The molecule has 0 aromatic heterocycles. The Morgan fingerprint density at radius 1 is 0.355 bits per heavy atom. The molecule has 0 aromatic rings. The first-order valence-electron chi connectivity index (χ1n) is 11.1. The van der Waals surface area contributed by atoms with Gasteiger partial charge in [-0.05, 0) is 0 Å². The van der Waals surface area contributed by atoms with Crippen LogP contribution in [0.4, 0.5) is 13.2 Å². The quantitative estimate of drug-likeness (QED) is 0.212. The Morgan fingerprint density at radius 3 is 0.355 bits per heavy atom. The predicted octanol–water partition coefficient (Wildman–Crippen LogP) is 12.9. The van der Waals surface area contributed by atoms with Crippen LogP contribution in [-0.4, -0.2) is 37.4 Å². The third-order valence-corrected chi connectivity index (χ3v) is 0. The second-order valence-corrected chi connectivity index (χ2v) is 0. The molecule has 0 heterocycles. The van der Waals surface area contributed by atoms with Crippen molar-refractivity contribution >= 4 is 18.4 Å². The second-order valence-electron chi connectivity index (χ2n) is 0. The van der Waals surface area contributed by atoms with E-state index in [1.165, 1.54) is 0 Å². The summed E-state index contributed by atoms with van der Waals surface area (Å²) in [5.74, 6) is 0. The Hall–Kier alpha value is 2.75. The Labute approximate surface area is 262 Å². The van der Waals surface area contributed by atoms with Crippen LogP contribution in [0.2, 0.25) is 0 Å². The number of hydrogen-bond donors (Lipinski definition) is 0. The summed E-state index contributed by atoms with van der Waals surface area (Å²) in [6, 6.07) is 0. The van der Waals surface area contributed by atoms with Gasteiger partial charge in [-0.3, -0.25) is 13.2 Å². The fourth-order valence-electron chi connectivity index (χ4n) is 0. The van der Waals surface area contributed by atoms with E-state index in [1.807, 2.05) is 124 Å². The number of hydrogen-bond acceptors (Lipinski definition) is 0. The molecule has 0 radical (unpaired) electrons. The molecule has 0 fully saturated rings. The molecule has 31 heavy (non-hydrogen) atoms. The summed E-state index contributed by atoms with van der Waals surface area (Å²) >= 11 is 0. The van der Waals surface area contributed by atoms with Crippen molar-refractivity contribution in [3.63, 3.8) is 0 Å². The molecule has 7 heteroatoms. The van der Waals surface area contributed by atoms with E-state index in [4.69, 9.17) is 2.56 Å². The molecule has 0 spiro atoms. The maximum atomic E-state index is 9.50.